The van der Waals surface area contributed by atoms with E-state index in [1.807, 2.05) is 53.1 Å². The van der Waals surface area contributed by atoms with E-state index in [2.05, 4.69) is 9.98 Å². The molecule has 0 spiro atoms. The molecule has 136 valence electrons. The van der Waals surface area contributed by atoms with Crippen LogP contribution in [0, 0.1) is 0 Å². The average Bonchev–Trinajstić information content (AvgIpc) is 3.27. The van der Waals surface area contributed by atoms with Gasteiger partial charge in [-0.25, -0.2) is 4.98 Å². The van der Waals surface area contributed by atoms with E-state index >= 15 is 0 Å². The molecule has 2 aromatic heterocycles. The lowest BCUT2D eigenvalue weighted by Gasteiger charge is -2.03. The van der Waals surface area contributed by atoms with Crippen LogP contribution in [0.2, 0.25) is 0 Å². The third kappa shape index (κ3) is 3.54. The Morgan fingerprint density at radius 1 is 1.07 bits per heavy atom. The molecule has 27 heavy (non-hydrogen) atoms. The Hall–Kier alpha value is -2.84. The number of nitrogens with zero attached hydrogens (tertiary/aromatic N) is 3. The van der Waals surface area contributed by atoms with Crippen molar-refractivity contribution in [1.29, 1.82) is 0 Å². The van der Waals surface area contributed by atoms with Gasteiger partial charge in [-0.3, -0.25) is 9.59 Å². The fourth-order valence-electron chi connectivity index (χ4n) is 2.73. The second-order valence-corrected chi connectivity index (χ2v) is 7.77. The summed E-state index contributed by atoms with van der Waals surface area (Å²) in [5.74, 6) is -0.684. The number of carbonyl (C=O) groups is 2. The van der Waals surface area contributed by atoms with Crippen molar-refractivity contribution in [3.8, 4) is 0 Å². The maximum Gasteiger partial charge on any atom is 0.308 e. The minimum Gasteiger partial charge on any atom is -0.469 e. The van der Waals surface area contributed by atoms with E-state index in [1.54, 1.807) is 0 Å². The Balaban J connectivity index is 1.76. The van der Waals surface area contributed by atoms with Crippen LogP contribution in [-0.2, 0) is 16.1 Å². The number of para-hydroxylation sites is 2. The van der Waals surface area contributed by atoms with E-state index in [0.29, 0.717) is 16.4 Å². The lowest BCUT2D eigenvalue weighted by Crippen LogP contribution is -2.19. The number of hydrogen-bond donors (Lipinski definition) is 0. The van der Waals surface area contributed by atoms with Crippen LogP contribution in [0.15, 0.2) is 53.5 Å². The van der Waals surface area contributed by atoms with Crippen molar-refractivity contribution in [2.75, 3.05) is 7.11 Å². The second kappa shape index (κ2) is 7.42. The van der Waals surface area contributed by atoms with E-state index < -0.39 is 0 Å². The van der Waals surface area contributed by atoms with Crippen molar-refractivity contribution < 1.29 is 14.3 Å². The van der Waals surface area contributed by atoms with Gasteiger partial charge in [-0.2, -0.15) is 4.99 Å². The van der Waals surface area contributed by atoms with Crippen molar-refractivity contribution in [2.45, 2.75) is 13.0 Å². The predicted octanol–water partition coefficient (Wildman–Crippen LogP) is 3.62. The Morgan fingerprint density at radius 2 is 1.81 bits per heavy atom. The first-order valence-electron chi connectivity index (χ1n) is 8.25. The van der Waals surface area contributed by atoms with Gasteiger partial charge in [-0.15, -0.1) is 11.3 Å². The van der Waals surface area contributed by atoms with Gasteiger partial charge in [-0.1, -0.05) is 35.6 Å². The number of aryl methyl sites for hydroxylation is 1. The molecule has 6 nitrogen and oxygen atoms in total. The molecule has 0 unspecified atom stereocenters. The largest absolute Gasteiger partial charge is 0.469 e. The van der Waals surface area contributed by atoms with Gasteiger partial charge < -0.3 is 9.30 Å². The maximum absolute atomic E-state index is 12.7. The highest BCUT2D eigenvalue weighted by Gasteiger charge is 2.14. The highest BCUT2D eigenvalue weighted by atomic mass is 32.1. The number of carbonyl (C=O) groups excluding carboxylic acids is 2. The van der Waals surface area contributed by atoms with Crippen molar-refractivity contribution >= 4 is 55.0 Å². The van der Waals surface area contributed by atoms with Crippen LogP contribution in [0.3, 0.4) is 0 Å². The summed E-state index contributed by atoms with van der Waals surface area (Å²) >= 11 is 2.74. The molecule has 0 bridgehead atoms. The standard InChI is InChI=1S/C19H15N3O3S2/c1-25-16(23)10-11-22-13-7-3-5-9-15(13)27-19(22)21-17(24)18-20-12-6-2-4-8-14(12)26-18/h2-9H,10-11H2,1H3. The molecule has 4 aromatic rings. The van der Waals surface area contributed by atoms with Crippen LogP contribution in [0.25, 0.3) is 20.4 Å². The zero-order valence-electron chi connectivity index (χ0n) is 14.4. The van der Waals surface area contributed by atoms with Crippen LogP contribution < -0.4 is 4.80 Å². The van der Waals surface area contributed by atoms with E-state index in [-0.39, 0.29) is 18.3 Å². The molecule has 0 radical (unpaired) electrons. The maximum atomic E-state index is 12.7. The number of aromatic nitrogens is 2. The number of esters is 1. The lowest BCUT2D eigenvalue weighted by atomic mass is 10.3. The number of fused-ring (bicyclic) bond motifs is 2. The minimum absolute atomic E-state index is 0.208. The Morgan fingerprint density at radius 3 is 2.59 bits per heavy atom. The summed E-state index contributed by atoms with van der Waals surface area (Å²) in [5, 5.41) is 0.355. The fraction of sp³-hybridized carbons (Fsp3) is 0.158. The summed E-state index contributed by atoms with van der Waals surface area (Å²) in [4.78, 5) is 33.5. The van der Waals surface area contributed by atoms with Gasteiger partial charge >= 0.3 is 11.9 Å². The van der Waals surface area contributed by atoms with Gasteiger partial charge in [0.05, 0.1) is 34.0 Å². The summed E-state index contributed by atoms with van der Waals surface area (Å²) in [6.07, 6.45) is 0.208. The molecule has 0 aliphatic rings. The molecule has 8 heteroatoms. The molecule has 0 aliphatic heterocycles. The smallest absolute Gasteiger partial charge is 0.308 e. The number of benzene rings is 2. The number of ether oxygens (including phenoxy) is 1. The quantitative estimate of drug-likeness (QED) is 0.493. The number of rotatable bonds is 4. The number of hydrogen-bond acceptors (Lipinski definition) is 6. The molecular formula is C19H15N3O3S2. The molecule has 0 atom stereocenters. The molecule has 2 aromatic carbocycles. The van der Waals surface area contributed by atoms with E-state index in [9.17, 15) is 9.59 Å². The van der Waals surface area contributed by atoms with E-state index in [4.69, 9.17) is 4.74 Å². The Kier molecular flexibility index (Phi) is 4.83. The minimum atomic E-state index is -0.380. The van der Waals surface area contributed by atoms with Gasteiger partial charge in [0.2, 0.25) is 0 Å². The highest BCUT2D eigenvalue weighted by Crippen LogP contribution is 2.22. The monoisotopic (exact) mass is 397 g/mol. The fourth-order valence-corrected chi connectivity index (χ4v) is 4.63. The van der Waals surface area contributed by atoms with Gasteiger partial charge in [0.25, 0.3) is 0 Å². The number of thiazole rings is 2. The van der Waals surface area contributed by atoms with Crippen molar-refractivity contribution in [3.05, 3.63) is 58.3 Å². The van der Waals surface area contributed by atoms with Crippen LogP contribution in [0.5, 0.6) is 0 Å². The highest BCUT2D eigenvalue weighted by molar-refractivity contribution is 7.20. The molecular weight excluding hydrogens is 382 g/mol. The lowest BCUT2D eigenvalue weighted by molar-refractivity contribution is -0.140. The van der Waals surface area contributed by atoms with Gasteiger partial charge in [0.15, 0.2) is 9.81 Å². The molecule has 0 saturated carbocycles. The first-order chi connectivity index (χ1) is 13.2. The Labute approximate surface area is 162 Å². The first kappa shape index (κ1) is 17.6. The zero-order chi connectivity index (χ0) is 18.8. The summed E-state index contributed by atoms with van der Waals surface area (Å²) in [7, 11) is 1.36. The van der Waals surface area contributed by atoms with Crippen LogP contribution in [0.4, 0.5) is 0 Å². The van der Waals surface area contributed by atoms with Crippen LogP contribution in [-0.4, -0.2) is 28.5 Å². The molecule has 0 fully saturated rings. The number of amides is 1. The van der Waals surface area contributed by atoms with Gasteiger partial charge in [0, 0.05) is 6.54 Å². The van der Waals surface area contributed by atoms with Crippen molar-refractivity contribution in [2.24, 2.45) is 4.99 Å². The molecule has 0 N–H and O–H groups in total. The van der Waals surface area contributed by atoms with Crippen molar-refractivity contribution in [1.82, 2.24) is 9.55 Å². The SMILES string of the molecule is COC(=O)CCn1c(=NC(=O)c2nc3ccccc3s2)sc2ccccc21. The molecule has 1 amide bonds. The van der Waals surface area contributed by atoms with E-state index in [0.717, 1.165) is 20.4 Å². The third-order valence-electron chi connectivity index (χ3n) is 4.03. The van der Waals surface area contributed by atoms with Gasteiger partial charge in [-0.05, 0) is 24.3 Å². The number of methoxy groups -OCH3 is 1. The van der Waals surface area contributed by atoms with E-state index in [1.165, 1.54) is 29.8 Å². The predicted molar refractivity (Wildman–Crippen MR) is 106 cm³/mol. The van der Waals surface area contributed by atoms with Crippen LogP contribution >= 0.6 is 22.7 Å². The van der Waals surface area contributed by atoms with Crippen LogP contribution in [0.1, 0.15) is 16.2 Å². The zero-order valence-corrected chi connectivity index (χ0v) is 16.0. The molecule has 2 heterocycles. The molecule has 0 saturated heterocycles. The summed E-state index contributed by atoms with van der Waals surface area (Å²) in [5.41, 5.74) is 1.72. The third-order valence-corrected chi connectivity index (χ3v) is 6.11. The summed E-state index contributed by atoms with van der Waals surface area (Å²) in [6.45, 7) is 0.392. The normalized spacial score (nSPS) is 12.0. The first-order valence-corrected chi connectivity index (χ1v) is 9.89. The Bertz CT molecular complexity index is 1190. The summed E-state index contributed by atoms with van der Waals surface area (Å²) < 4.78 is 8.56. The van der Waals surface area contributed by atoms with Crippen molar-refractivity contribution in [3.63, 3.8) is 0 Å². The van der Waals surface area contributed by atoms with Gasteiger partial charge in [0.1, 0.15) is 0 Å². The molecule has 0 aliphatic carbocycles. The topological polar surface area (TPSA) is 73.6 Å². The second-order valence-electron chi connectivity index (χ2n) is 5.73. The molecule has 4 rings (SSSR count). The average molecular weight is 397 g/mol. The summed E-state index contributed by atoms with van der Waals surface area (Å²) in [6, 6.07) is 15.4.